The zero-order chi connectivity index (χ0) is 22.1. The highest BCUT2D eigenvalue weighted by Crippen LogP contribution is 2.38. The SMILES string of the molecule is O=C(Nc1sc2c(c1C(=O)NC[C@@H]1CCCO1)CCCC2)c1cc(=O)c2ccccc2o1. The van der Waals surface area contributed by atoms with Crippen molar-refractivity contribution >= 4 is 39.1 Å². The van der Waals surface area contributed by atoms with Crippen LogP contribution in [0.4, 0.5) is 5.00 Å². The van der Waals surface area contributed by atoms with Gasteiger partial charge in [-0.2, -0.15) is 0 Å². The van der Waals surface area contributed by atoms with Crippen LogP contribution in [0.5, 0.6) is 0 Å². The average molecular weight is 453 g/mol. The molecule has 0 saturated carbocycles. The molecule has 5 rings (SSSR count). The second kappa shape index (κ2) is 8.88. The summed E-state index contributed by atoms with van der Waals surface area (Å²) in [5.41, 5.74) is 1.61. The Hall–Kier alpha value is -2.97. The van der Waals surface area contributed by atoms with E-state index >= 15 is 0 Å². The Morgan fingerprint density at radius 3 is 2.78 bits per heavy atom. The normalized spacial score (nSPS) is 17.8. The minimum absolute atomic E-state index is 0.0401. The van der Waals surface area contributed by atoms with Crippen molar-refractivity contribution in [2.75, 3.05) is 18.5 Å². The van der Waals surface area contributed by atoms with Gasteiger partial charge in [0, 0.05) is 24.1 Å². The fourth-order valence-corrected chi connectivity index (χ4v) is 5.66. The number of benzene rings is 1. The second-order valence-corrected chi connectivity index (χ2v) is 9.29. The summed E-state index contributed by atoms with van der Waals surface area (Å²) in [6.45, 7) is 1.18. The van der Waals surface area contributed by atoms with Crippen LogP contribution in [0.1, 0.15) is 57.0 Å². The number of thiophene rings is 1. The van der Waals surface area contributed by atoms with Gasteiger partial charge in [-0.3, -0.25) is 14.4 Å². The highest BCUT2D eigenvalue weighted by molar-refractivity contribution is 7.17. The van der Waals surface area contributed by atoms with E-state index < -0.39 is 5.91 Å². The third-order valence-electron chi connectivity index (χ3n) is 6.00. The quantitative estimate of drug-likeness (QED) is 0.612. The first-order valence-electron chi connectivity index (χ1n) is 11.0. The number of hydrogen-bond donors (Lipinski definition) is 2. The molecule has 2 N–H and O–H groups in total. The van der Waals surface area contributed by atoms with E-state index in [-0.39, 0.29) is 23.2 Å². The van der Waals surface area contributed by atoms with Crippen LogP contribution in [-0.4, -0.2) is 31.1 Å². The van der Waals surface area contributed by atoms with Crippen molar-refractivity contribution in [2.24, 2.45) is 0 Å². The van der Waals surface area contributed by atoms with Crippen molar-refractivity contribution in [3.63, 3.8) is 0 Å². The molecule has 0 bridgehead atoms. The predicted octanol–water partition coefficient (Wildman–Crippen LogP) is 3.89. The Bertz CT molecular complexity index is 1240. The van der Waals surface area contributed by atoms with Gasteiger partial charge in [0.15, 0.2) is 11.2 Å². The monoisotopic (exact) mass is 452 g/mol. The van der Waals surface area contributed by atoms with Crippen molar-refractivity contribution in [3.05, 3.63) is 62.3 Å². The number of nitrogens with one attached hydrogen (secondary N) is 2. The molecular formula is C24H24N2O5S. The summed E-state index contributed by atoms with van der Waals surface area (Å²) in [6, 6.07) is 8.00. The summed E-state index contributed by atoms with van der Waals surface area (Å²) in [4.78, 5) is 39.6. The minimum Gasteiger partial charge on any atom is -0.451 e. The third kappa shape index (κ3) is 4.08. The summed E-state index contributed by atoms with van der Waals surface area (Å²) in [5.74, 6) is -0.819. The van der Waals surface area contributed by atoms with Gasteiger partial charge in [0.2, 0.25) is 0 Å². The number of hydrogen-bond acceptors (Lipinski definition) is 6. The first-order chi connectivity index (χ1) is 15.6. The van der Waals surface area contributed by atoms with Gasteiger partial charge in [0.1, 0.15) is 10.6 Å². The van der Waals surface area contributed by atoms with Crippen LogP contribution >= 0.6 is 11.3 Å². The maximum atomic E-state index is 13.1. The number of anilines is 1. The molecule has 1 saturated heterocycles. The maximum absolute atomic E-state index is 13.1. The number of para-hydroxylation sites is 1. The Balaban J connectivity index is 1.42. The minimum atomic E-state index is -0.542. The third-order valence-corrected chi connectivity index (χ3v) is 7.21. The van der Waals surface area contributed by atoms with Gasteiger partial charge in [0.05, 0.1) is 17.1 Å². The lowest BCUT2D eigenvalue weighted by Crippen LogP contribution is -2.32. The zero-order valence-corrected chi connectivity index (χ0v) is 18.4. The van der Waals surface area contributed by atoms with Crippen molar-refractivity contribution in [1.29, 1.82) is 0 Å². The molecule has 1 aliphatic heterocycles. The van der Waals surface area contributed by atoms with Gasteiger partial charge in [0.25, 0.3) is 11.8 Å². The smallest absolute Gasteiger partial charge is 0.292 e. The van der Waals surface area contributed by atoms with E-state index in [2.05, 4.69) is 10.6 Å². The lowest BCUT2D eigenvalue weighted by atomic mass is 9.95. The Morgan fingerprint density at radius 1 is 1.09 bits per heavy atom. The highest BCUT2D eigenvalue weighted by Gasteiger charge is 2.28. The molecule has 0 radical (unpaired) electrons. The second-order valence-electron chi connectivity index (χ2n) is 8.19. The summed E-state index contributed by atoms with van der Waals surface area (Å²) < 4.78 is 11.3. The first kappa shape index (κ1) is 20.9. The van der Waals surface area contributed by atoms with E-state index in [0.717, 1.165) is 55.6 Å². The first-order valence-corrected chi connectivity index (χ1v) is 11.8. The lowest BCUT2D eigenvalue weighted by Gasteiger charge is -2.15. The number of carbonyl (C=O) groups excluding carboxylic acids is 2. The fourth-order valence-electron chi connectivity index (χ4n) is 4.37. The van der Waals surface area contributed by atoms with E-state index in [4.69, 9.17) is 9.15 Å². The van der Waals surface area contributed by atoms with Gasteiger partial charge < -0.3 is 19.8 Å². The molecule has 3 aromatic rings. The topological polar surface area (TPSA) is 97.6 Å². The van der Waals surface area contributed by atoms with Gasteiger partial charge >= 0.3 is 0 Å². The number of carbonyl (C=O) groups is 2. The van der Waals surface area contributed by atoms with E-state index in [1.807, 2.05) is 0 Å². The number of ether oxygens (including phenoxy) is 1. The molecule has 1 aromatic carbocycles. The van der Waals surface area contributed by atoms with Gasteiger partial charge in [-0.1, -0.05) is 12.1 Å². The van der Waals surface area contributed by atoms with Gasteiger partial charge in [-0.05, 0) is 56.2 Å². The van der Waals surface area contributed by atoms with E-state index in [0.29, 0.717) is 28.1 Å². The lowest BCUT2D eigenvalue weighted by molar-refractivity contribution is 0.0858. The number of fused-ring (bicyclic) bond motifs is 2. The molecule has 166 valence electrons. The van der Waals surface area contributed by atoms with Crippen LogP contribution in [0.25, 0.3) is 11.0 Å². The van der Waals surface area contributed by atoms with Crippen molar-refractivity contribution in [3.8, 4) is 0 Å². The molecule has 2 aromatic heterocycles. The fraction of sp³-hybridized carbons (Fsp3) is 0.375. The molecule has 0 unspecified atom stereocenters. The van der Waals surface area contributed by atoms with Crippen molar-refractivity contribution in [1.82, 2.24) is 5.32 Å². The highest BCUT2D eigenvalue weighted by atomic mass is 32.1. The van der Waals surface area contributed by atoms with Crippen LogP contribution < -0.4 is 16.1 Å². The Kier molecular flexibility index (Phi) is 5.80. The van der Waals surface area contributed by atoms with Crippen LogP contribution in [0.15, 0.2) is 39.5 Å². The molecule has 2 amide bonds. The predicted molar refractivity (Wildman–Crippen MR) is 123 cm³/mol. The van der Waals surface area contributed by atoms with E-state index in [9.17, 15) is 14.4 Å². The zero-order valence-electron chi connectivity index (χ0n) is 17.6. The Labute approximate surface area is 188 Å². The van der Waals surface area contributed by atoms with Gasteiger partial charge in [-0.15, -0.1) is 11.3 Å². The van der Waals surface area contributed by atoms with Crippen LogP contribution in [-0.2, 0) is 17.6 Å². The van der Waals surface area contributed by atoms with Crippen molar-refractivity contribution in [2.45, 2.75) is 44.6 Å². The molecule has 32 heavy (non-hydrogen) atoms. The molecule has 2 aliphatic rings. The van der Waals surface area contributed by atoms with Crippen molar-refractivity contribution < 1.29 is 18.7 Å². The van der Waals surface area contributed by atoms with E-state index in [1.54, 1.807) is 24.3 Å². The standard InChI is InChI=1S/C24H24N2O5S/c27-17-12-19(31-18-9-3-1-7-15(17)18)22(28)26-24-21(16-8-2-4-10-20(16)32-24)23(29)25-13-14-6-5-11-30-14/h1,3,7,9,12,14H,2,4-6,8,10-11,13H2,(H,25,29)(H,26,28)/t14-/m0/s1. The molecule has 1 atom stereocenters. The summed E-state index contributed by atoms with van der Waals surface area (Å²) in [5, 5.41) is 6.75. The maximum Gasteiger partial charge on any atom is 0.292 e. The summed E-state index contributed by atoms with van der Waals surface area (Å²) >= 11 is 1.44. The number of aryl methyl sites for hydroxylation is 1. The molecule has 8 heteroatoms. The molecular weight excluding hydrogens is 428 g/mol. The van der Waals surface area contributed by atoms with Crippen LogP contribution in [0.2, 0.25) is 0 Å². The molecule has 7 nitrogen and oxygen atoms in total. The molecule has 1 fully saturated rings. The summed E-state index contributed by atoms with van der Waals surface area (Å²) in [6.07, 6.45) is 5.78. The van der Waals surface area contributed by atoms with Crippen LogP contribution in [0.3, 0.4) is 0 Å². The van der Waals surface area contributed by atoms with E-state index in [1.165, 1.54) is 17.4 Å². The van der Waals surface area contributed by atoms with Crippen LogP contribution in [0, 0.1) is 0 Å². The largest absolute Gasteiger partial charge is 0.451 e. The molecule has 1 aliphatic carbocycles. The number of rotatable bonds is 5. The average Bonchev–Trinajstić information content (AvgIpc) is 3.45. The Morgan fingerprint density at radius 2 is 1.94 bits per heavy atom. The molecule has 3 heterocycles. The molecule has 0 spiro atoms. The van der Waals surface area contributed by atoms with Gasteiger partial charge in [-0.25, -0.2) is 0 Å². The number of amides is 2. The summed E-state index contributed by atoms with van der Waals surface area (Å²) in [7, 11) is 0.